The second-order valence-corrected chi connectivity index (χ2v) is 6.61. The molecular weight excluding hydrogens is 304 g/mol. The number of rotatable bonds is 7. The van der Waals surface area contributed by atoms with Gasteiger partial charge in [0.25, 0.3) is 0 Å². The zero-order valence-electron chi connectivity index (χ0n) is 13.2. The first-order valence-corrected chi connectivity index (χ1v) is 8.47. The number of ether oxygens (including phenoxy) is 1. The predicted octanol–water partition coefficient (Wildman–Crippen LogP) is 4.78. The van der Waals surface area contributed by atoms with Crippen molar-refractivity contribution in [2.24, 2.45) is 0 Å². The summed E-state index contributed by atoms with van der Waals surface area (Å²) in [6.45, 7) is 4.07. The highest BCUT2D eigenvalue weighted by Gasteiger charge is 2.04. The summed E-state index contributed by atoms with van der Waals surface area (Å²) in [4.78, 5) is 5.55. The number of anilines is 1. The Morgan fingerprint density at radius 1 is 0.957 bits per heavy atom. The van der Waals surface area contributed by atoms with Crippen molar-refractivity contribution in [1.29, 1.82) is 0 Å². The van der Waals surface area contributed by atoms with Gasteiger partial charge in [0.1, 0.15) is 0 Å². The summed E-state index contributed by atoms with van der Waals surface area (Å²) in [5.74, 6) is 0. The normalized spacial score (nSPS) is 10.7. The van der Waals surface area contributed by atoms with Gasteiger partial charge in [-0.05, 0) is 23.6 Å². The van der Waals surface area contributed by atoms with Crippen LogP contribution in [0.25, 0.3) is 0 Å². The van der Waals surface area contributed by atoms with Crippen molar-refractivity contribution >= 4 is 16.5 Å². The molecule has 0 fully saturated rings. The lowest BCUT2D eigenvalue weighted by atomic mass is 10.1. The molecule has 2 aromatic carbocycles. The summed E-state index contributed by atoms with van der Waals surface area (Å²) in [5, 5.41) is 4.34. The van der Waals surface area contributed by atoms with E-state index in [9.17, 15) is 0 Å². The second-order valence-electron chi connectivity index (χ2n) is 5.38. The standard InChI is InChI=1S/C19H20N2OS/c1-15-11-20-19(23-15)21-12-17-9-5-6-10-18(17)14-22-13-16-7-3-2-4-8-16/h2-11H,12-14H2,1H3,(H,20,21). The summed E-state index contributed by atoms with van der Waals surface area (Å²) in [6, 6.07) is 18.6. The van der Waals surface area contributed by atoms with Gasteiger partial charge in [-0.3, -0.25) is 0 Å². The van der Waals surface area contributed by atoms with Gasteiger partial charge >= 0.3 is 0 Å². The molecular formula is C19H20N2OS. The van der Waals surface area contributed by atoms with Crippen LogP contribution < -0.4 is 5.32 Å². The van der Waals surface area contributed by atoms with Gasteiger partial charge < -0.3 is 10.1 Å². The number of hydrogen-bond acceptors (Lipinski definition) is 4. The third-order valence-electron chi connectivity index (χ3n) is 3.54. The predicted molar refractivity (Wildman–Crippen MR) is 95.6 cm³/mol. The third kappa shape index (κ3) is 4.65. The van der Waals surface area contributed by atoms with Gasteiger partial charge in [0.05, 0.1) is 13.2 Å². The van der Waals surface area contributed by atoms with Gasteiger partial charge in [0.2, 0.25) is 0 Å². The van der Waals surface area contributed by atoms with E-state index in [4.69, 9.17) is 4.74 Å². The number of hydrogen-bond donors (Lipinski definition) is 1. The largest absolute Gasteiger partial charge is 0.372 e. The smallest absolute Gasteiger partial charge is 0.183 e. The van der Waals surface area contributed by atoms with E-state index >= 15 is 0 Å². The lowest BCUT2D eigenvalue weighted by Crippen LogP contribution is -2.04. The molecule has 0 saturated heterocycles. The van der Waals surface area contributed by atoms with Crippen LogP contribution in [0.5, 0.6) is 0 Å². The summed E-state index contributed by atoms with van der Waals surface area (Å²) in [5.41, 5.74) is 3.65. The van der Waals surface area contributed by atoms with Gasteiger partial charge in [0.15, 0.2) is 5.13 Å². The molecule has 23 heavy (non-hydrogen) atoms. The highest BCUT2D eigenvalue weighted by molar-refractivity contribution is 7.15. The first kappa shape index (κ1) is 15.7. The molecule has 0 atom stereocenters. The molecule has 1 aromatic heterocycles. The molecule has 0 aliphatic rings. The van der Waals surface area contributed by atoms with E-state index in [2.05, 4.69) is 53.6 Å². The molecule has 0 aliphatic carbocycles. The fraction of sp³-hybridized carbons (Fsp3) is 0.211. The van der Waals surface area contributed by atoms with Gasteiger partial charge in [-0.15, -0.1) is 11.3 Å². The van der Waals surface area contributed by atoms with Crippen LogP contribution in [0.1, 0.15) is 21.6 Å². The number of thiazole rings is 1. The molecule has 0 aliphatic heterocycles. The van der Waals surface area contributed by atoms with Crippen molar-refractivity contribution in [3.63, 3.8) is 0 Å². The van der Waals surface area contributed by atoms with Gasteiger partial charge in [0, 0.05) is 17.6 Å². The molecule has 0 spiro atoms. The number of nitrogens with one attached hydrogen (secondary N) is 1. The van der Waals surface area contributed by atoms with E-state index in [1.165, 1.54) is 21.6 Å². The first-order valence-electron chi connectivity index (χ1n) is 7.66. The molecule has 118 valence electrons. The average molecular weight is 324 g/mol. The third-order valence-corrected chi connectivity index (χ3v) is 4.41. The molecule has 0 unspecified atom stereocenters. The number of aryl methyl sites for hydroxylation is 1. The van der Waals surface area contributed by atoms with Crippen molar-refractivity contribution in [2.45, 2.75) is 26.7 Å². The highest BCUT2D eigenvalue weighted by Crippen LogP contribution is 2.19. The highest BCUT2D eigenvalue weighted by atomic mass is 32.1. The minimum Gasteiger partial charge on any atom is -0.372 e. The van der Waals surface area contributed by atoms with E-state index in [1.807, 2.05) is 24.4 Å². The van der Waals surface area contributed by atoms with Crippen LogP contribution in [-0.2, 0) is 24.5 Å². The average Bonchev–Trinajstić information content (AvgIpc) is 3.00. The number of nitrogens with zero attached hydrogens (tertiary/aromatic N) is 1. The van der Waals surface area contributed by atoms with Crippen LogP contribution in [0.3, 0.4) is 0 Å². The van der Waals surface area contributed by atoms with Crippen molar-refractivity contribution in [2.75, 3.05) is 5.32 Å². The van der Waals surface area contributed by atoms with Crippen molar-refractivity contribution in [3.8, 4) is 0 Å². The molecule has 0 bridgehead atoms. The molecule has 3 aromatic rings. The summed E-state index contributed by atoms with van der Waals surface area (Å²) >= 11 is 1.67. The summed E-state index contributed by atoms with van der Waals surface area (Å²) < 4.78 is 5.86. The van der Waals surface area contributed by atoms with Crippen LogP contribution in [-0.4, -0.2) is 4.98 Å². The van der Waals surface area contributed by atoms with Crippen LogP contribution in [0.2, 0.25) is 0 Å². The lowest BCUT2D eigenvalue weighted by Gasteiger charge is -2.11. The maximum Gasteiger partial charge on any atom is 0.183 e. The number of benzene rings is 2. The first-order chi connectivity index (χ1) is 11.3. The monoisotopic (exact) mass is 324 g/mol. The fourth-order valence-electron chi connectivity index (χ4n) is 2.33. The second kappa shape index (κ2) is 7.90. The maximum atomic E-state index is 5.86. The Morgan fingerprint density at radius 3 is 2.43 bits per heavy atom. The van der Waals surface area contributed by atoms with E-state index in [0.29, 0.717) is 13.2 Å². The van der Waals surface area contributed by atoms with Gasteiger partial charge in [-0.2, -0.15) is 0 Å². The van der Waals surface area contributed by atoms with E-state index in [1.54, 1.807) is 11.3 Å². The van der Waals surface area contributed by atoms with Crippen LogP contribution >= 0.6 is 11.3 Å². The molecule has 3 nitrogen and oxygen atoms in total. The quantitative estimate of drug-likeness (QED) is 0.679. The van der Waals surface area contributed by atoms with Crippen molar-refractivity contribution in [3.05, 3.63) is 82.4 Å². The molecule has 0 saturated carbocycles. The Morgan fingerprint density at radius 2 is 1.70 bits per heavy atom. The zero-order chi connectivity index (χ0) is 15.9. The minimum absolute atomic E-state index is 0.615. The van der Waals surface area contributed by atoms with Gasteiger partial charge in [-0.1, -0.05) is 54.6 Å². The number of aromatic nitrogens is 1. The lowest BCUT2D eigenvalue weighted by molar-refractivity contribution is 0.106. The molecule has 3 rings (SSSR count). The SMILES string of the molecule is Cc1cnc(NCc2ccccc2COCc2ccccc2)s1. The Balaban J connectivity index is 1.57. The minimum atomic E-state index is 0.615. The van der Waals surface area contributed by atoms with Crippen LogP contribution in [0.4, 0.5) is 5.13 Å². The molecule has 4 heteroatoms. The van der Waals surface area contributed by atoms with Crippen molar-refractivity contribution < 1.29 is 4.74 Å². The van der Waals surface area contributed by atoms with Crippen molar-refractivity contribution in [1.82, 2.24) is 4.98 Å². The Bertz CT molecular complexity index is 740. The Hall–Kier alpha value is -2.17. The summed E-state index contributed by atoms with van der Waals surface area (Å²) in [7, 11) is 0. The maximum absolute atomic E-state index is 5.86. The van der Waals surface area contributed by atoms with Crippen LogP contribution in [0, 0.1) is 6.92 Å². The Labute approximate surface area is 141 Å². The molecule has 0 amide bonds. The van der Waals surface area contributed by atoms with Crippen LogP contribution in [0.15, 0.2) is 60.8 Å². The van der Waals surface area contributed by atoms with E-state index < -0.39 is 0 Å². The van der Waals surface area contributed by atoms with E-state index in [0.717, 1.165) is 11.7 Å². The molecule has 1 heterocycles. The molecule has 0 radical (unpaired) electrons. The summed E-state index contributed by atoms with van der Waals surface area (Å²) in [6.07, 6.45) is 1.89. The zero-order valence-corrected chi connectivity index (χ0v) is 14.0. The Kier molecular flexibility index (Phi) is 5.40. The van der Waals surface area contributed by atoms with E-state index in [-0.39, 0.29) is 0 Å². The van der Waals surface area contributed by atoms with Gasteiger partial charge in [-0.25, -0.2) is 4.98 Å². The fourth-order valence-corrected chi connectivity index (χ4v) is 2.99. The molecule has 1 N–H and O–H groups in total. The topological polar surface area (TPSA) is 34.2 Å².